The largest absolute Gasteiger partial charge is 0.481 e. The molecular weight excluding hydrogens is 164 g/mol. The number of rotatable bonds is 4. The van der Waals surface area contributed by atoms with Gasteiger partial charge in [0.2, 0.25) is 0 Å². The van der Waals surface area contributed by atoms with Crippen molar-refractivity contribution < 1.29 is 9.90 Å². The second-order valence-electron chi connectivity index (χ2n) is 4.18. The van der Waals surface area contributed by atoms with E-state index in [-0.39, 0.29) is 12.0 Å². The van der Waals surface area contributed by atoms with Crippen molar-refractivity contribution in [3.8, 4) is 0 Å². The molecule has 0 aliphatic heterocycles. The molecule has 2 unspecified atom stereocenters. The zero-order valence-electron chi connectivity index (χ0n) is 8.37. The smallest absolute Gasteiger partial charge is 0.302 e. The SMILES string of the molecule is [B]C(CC(=O)O)C([B])NC(C)(C)C. The molecule has 0 aliphatic carbocycles. The van der Waals surface area contributed by atoms with Gasteiger partial charge in [-0.15, -0.1) is 0 Å². The molecule has 0 heterocycles. The minimum Gasteiger partial charge on any atom is -0.481 e. The maximum atomic E-state index is 10.3. The van der Waals surface area contributed by atoms with Crippen molar-refractivity contribution in [2.45, 2.75) is 44.5 Å². The summed E-state index contributed by atoms with van der Waals surface area (Å²) in [7, 11) is 11.2. The lowest BCUT2D eigenvalue weighted by Gasteiger charge is -2.30. The second kappa shape index (κ2) is 4.70. The van der Waals surface area contributed by atoms with E-state index in [1.54, 1.807) is 0 Å². The number of carbonyl (C=O) groups is 1. The average Bonchev–Trinajstić information content (AvgIpc) is 1.81. The van der Waals surface area contributed by atoms with Crippen LogP contribution in [0.5, 0.6) is 0 Å². The molecule has 2 atom stereocenters. The molecule has 0 amide bonds. The molecule has 4 radical (unpaired) electrons. The van der Waals surface area contributed by atoms with E-state index in [0.29, 0.717) is 0 Å². The van der Waals surface area contributed by atoms with Crippen LogP contribution in [-0.2, 0) is 4.79 Å². The Morgan fingerprint density at radius 2 is 1.92 bits per heavy atom. The maximum absolute atomic E-state index is 10.3. The van der Waals surface area contributed by atoms with Crippen LogP contribution in [0.3, 0.4) is 0 Å². The van der Waals surface area contributed by atoms with Crippen LogP contribution in [0.15, 0.2) is 0 Å². The van der Waals surface area contributed by atoms with Crippen LogP contribution in [0.1, 0.15) is 27.2 Å². The van der Waals surface area contributed by atoms with Gasteiger partial charge in [0.1, 0.15) is 0 Å². The van der Waals surface area contributed by atoms with E-state index < -0.39 is 17.7 Å². The Labute approximate surface area is 82.1 Å². The summed E-state index contributed by atoms with van der Waals surface area (Å²) in [6.45, 7) is 5.83. The van der Waals surface area contributed by atoms with Crippen LogP contribution in [-0.4, -0.2) is 38.2 Å². The predicted molar refractivity (Wildman–Crippen MR) is 54.2 cm³/mol. The highest BCUT2D eigenvalue weighted by Gasteiger charge is 2.19. The molecule has 5 heteroatoms. The predicted octanol–water partition coefficient (Wildman–Crippen LogP) is 0.301. The van der Waals surface area contributed by atoms with E-state index in [4.69, 9.17) is 20.8 Å². The van der Waals surface area contributed by atoms with Gasteiger partial charge in [-0.05, 0) is 26.7 Å². The van der Waals surface area contributed by atoms with E-state index in [2.05, 4.69) is 5.32 Å². The Morgan fingerprint density at radius 1 is 1.46 bits per heavy atom. The molecule has 13 heavy (non-hydrogen) atoms. The van der Waals surface area contributed by atoms with E-state index in [9.17, 15) is 4.79 Å². The molecule has 70 valence electrons. The highest BCUT2D eigenvalue weighted by Crippen LogP contribution is 2.12. The van der Waals surface area contributed by atoms with Gasteiger partial charge in [-0.1, -0.05) is 5.82 Å². The zero-order valence-corrected chi connectivity index (χ0v) is 8.37. The normalized spacial score (nSPS) is 16.5. The van der Waals surface area contributed by atoms with Gasteiger partial charge in [0.05, 0.1) is 15.7 Å². The summed E-state index contributed by atoms with van der Waals surface area (Å²) in [5.41, 5.74) is -0.157. The number of carboxylic acid groups (broad SMARTS) is 1. The lowest BCUT2D eigenvalue weighted by Crippen LogP contribution is -2.46. The van der Waals surface area contributed by atoms with Gasteiger partial charge < -0.3 is 10.4 Å². The second-order valence-corrected chi connectivity index (χ2v) is 4.18. The van der Waals surface area contributed by atoms with Crippen LogP contribution in [0.4, 0.5) is 0 Å². The van der Waals surface area contributed by atoms with E-state index in [1.165, 1.54) is 0 Å². The molecule has 0 bridgehead atoms. The maximum Gasteiger partial charge on any atom is 0.302 e. The molecule has 3 nitrogen and oxygen atoms in total. The first-order valence-electron chi connectivity index (χ1n) is 4.23. The first-order chi connectivity index (χ1) is 5.72. The Kier molecular flexibility index (Phi) is 4.54. The summed E-state index contributed by atoms with van der Waals surface area (Å²) >= 11 is 0. The number of nitrogens with one attached hydrogen (secondary N) is 1. The molecule has 0 aromatic heterocycles. The van der Waals surface area contributed by atoms with Crippen LogP contribution < -0.4 is 5.32 Å². The molecule has 0 fully saturated rings. The van der Waals surface area contributed by atoms with Crippen LogP contribution >= 0.6 is 0 Å². The summed E-state index contributed by atoms with van der Waals surface area (Å²) in [6, 6.07) is 0. The Balaban J connectivity index is 3.96. The summed E-state index contributed by atoms with van der Waals surface area (Å²) < 4.78 is 0. The fraction of sp³-hybridized carbons (Fsp3) is 0.875. The van der Waals surface area contributed by atoms with Crippen molar-refractivity contribution in [1.82, 2.24) is 5.32 Å². The van der Waals surface area contributed by atoms with Crippen LogP contribution in [0.25, 0.3) is 0 Å². The van der Waals surface area contributed by atoms with Crippen molar-refractivity contribution in [3.63, 3.8) is 0 Å². The molecule has 0 aromatic carbocycles. The average molecular weight is 179 g/mol. The Bertz CT molecular complexity index is 179. The van der Waals surface area contributed by atoms with Gasteiger partial charge in [0, 0.05) is 12.0 Å². The Hall–Kier alpha value is -0.440. The highest BCUT2D eigenvalue weighted by atomic mass is 16.4. The van der Waals surface area contributed by atoms with E-state index in [1.807, 2.05) is 20.8 Å². The molecule has 0 rings (SSSR count). The lowest BCUT2D eigenvalue weighted by atomic mass is 9.69. The monoisotopic (exact) mass is 179 g/mol. The van der Waals surface area contributed by atoms with Crippen molar-refractivity contribution in [3.05, 3.63) is 0 Å². The van der Waals surface area contributed by atoms with Gasteiger partial charge in [0.15, 0.2) is 0 Å². The van der Waals surface area contributed by atoms with Crippen LogP contribution in [0.2, 0.25) is 5.82 Å². The molecule has 0 saturated carbocycles. The molecule has 0 spiro atoms. The third-order valence-corrected chi connectivity index (χ3v) is 1.47. The van der Waals surface area contributed by atoms with Crippen molar-refractivity contribution in [1.29, 1.82) is 0 Å². The third-order valence-electron chi connectivity index (χ3n) is 1.47. The van der Waals surface area contributed by atoms with Crippen molar-refractivity contribution in [2.75, 3.05) is 0 Å². The van der Waals surface area contributed by atoms with Gasteiger partial charge in [-0.25, -0.2) is 0 Å². The molecule has 2 N–H and O–H groups in total. The standard InChI is InChI=1S/C8H15B2NO2/c1-8(2,3)11-7(10)5(9)4-6(12)13/h5,7,11H,4H2,1-3H3,(H,12,13). The Morgan fingerprint density at radius 3 is 2.23 bits per heavy atom. The lowest BCUT2D eigenvalue weighted by molar-refractivity contribution is -0.137. The van der Waals surface area contributed by atoms with E-state index in [0.717, 1.165) is 0 Å². The van der Waals surface area contributed by atoms with Crippen LogP contribution in [0, 0.1) is 0 Å². The number of hydrogen-bond acceptors (Lipinski definition) is 2. The van der Waals surface area contributed by atoms with E-state index >= 15 is 0 Å². The first kappa shape index (κ1) is 12.6. The minimum absolute atomic E-state index is 0.121. The zero-order chi connectivity index (χ0) is 10.6. The summed E-state index contributed by atoms with van der Waals surface area (Å²) in [4.78, 5) is 10.3. The van der Waals surface area contributed by atoms with Crippen molar-refractivity contribution in [2.24, 2.45) is 0 Å². The number of hydrogen-bond donors (Lipinski definition) is 2. The van der Waals surface area contributed by atoms with Crippen molar-refractivity contribution >= 4 is 21.7 Å². The molecular formula is C8H15B2NO2. The van der Waals surface area contributed by atoms with Gasteiger partial charge in [-0.3, -0.25) is 4.79 Å². The third kappa shape index (κ3) is 6.70. The number of carboxylic acids is 1. The summed E-state index contributed by atoms with van der Waals surface area (Å²) in [5.74, 6) is -1.98. The molecule has 0 aromatic rings. The highest BCUT2D eigenvalue weighted by molar-refractivity contribution is 6.22. The van der Waals surface area contributed by atoms with Gasteiger partial charge in [0.25, 0.3) is 0 Å². The quantitative estimate of drug-likeness (QED) is 0.610. The summed E-state index contributed by atoms with van der Waals surface area (Å²) in [5, 5.41) is 11.5. The topological polar surface area (TPSA) is 49.3 Å². The first-order valence-corrected chi connectivity index (χ1v) is 4.23. The molecule has 0 aliphatic rings. The van der Waals surface area contributed by atoms with Gasteiger partial charge >= 0.3 is 5.97 Å². The fourth-order valence-corrected chi connectivity index (χ4v) is 0.936. The van der Waals surface area contributed by atoms with Gasteiger partial charge in [-0.2, -0.15) is 0 Å². The summed E-state index contributed by atoms with van der Waals surface area (Å²) in [6.07, 6.45) is -0.121. The molecule has 0 saturated heterocycles. The minimum atomic E-state index is -0.932. The fourth-order valence-electron chi connectivity index (χ4n) is 0.936. The number of aliphatic carboxylic acids is 1.